The number of nitrogens with zero attached hydrogens (tertiary/aromatic N) is 3. The van der Waals surface area contributed by atoms with Crippen LogP contribution in [0.1, 0.15) is 22.6 Å². The first-order chi connectivity index (χ1) is 21.8. The maximum absolute atomic E-state index is 11.5. The first kappa shape index (κ1) is 32.5. The van der Waals surface area contributed by atoms with Crippen LogP contribution in [0.15, 0.2) is 139 Å². The zero-order valence-corrected chi connectivity index (χ0v) is 25.1. The Morgan fingerprint density at radius 3 is 1.51 bits per heavy atom. The monoisotopic (exact) mass is 621 g/mol. The second-order valence-corrected chi connectivity index (χ2v) is 10.7. The van der Waals surface area contributed by atoms with E-state index in [1.807, 2.05) is 121 Å². The van der Waals surface area contributed by atoms with Gasteiger partial charge in [-0.2, -0.15) is 8.42 Å². The van der Waals surface area contributed by atoms with Crippen molar-refractivity contribution in [3.05, 3.63) is 144 Å². The SMILES string of the molecule is C.CS(=O)(=O)Oc1cnc(-c2ccccc2)c(-c2ccccc2)n1.O=c1cnc(-c2ccccc2)c(-c2ccccc2)[nH]1.[2H]CC. The van der Waals surface area contributed by atoms with Crippen molar-refractivity contribution >= 4 is 10.1 Å². The Hall–Kier alpha value is -5.41. The van der Waals surface area contributed by atoms with E-state index < -0.39 is 10.1 Å². The van der Waals surface area contributed by atoms with Crippen molar-refractivity contribution in [2.75, 3.05) is 6.26 Å². The molecule has 0 aliphatic rings. The summed E-state index contributed by atoms with van der Waals surface area (Å²) in [6.07, 6.45) is 3.60. The average molecular weight is 622 g/mol. The Morgan fingerprint density at radius 2 is 1.04 bits per heavy atom. The molecule has 0 bridgehead atoms. The van der Waals surface area contributed by atoms with Gasteiger partial charge < -0.3 is 9.17 Å². The number of hydrogen-bond donors (Lipinski definition) is 1. The van der Waals surface area contributed by atoms with Crippen LogP contribution in [0.5, 0.6) is 5.88 Å². The summed E-state index contributed by atoms with van der Waals surface area (Å²) in [6.45, 7) is 2.29. The molecule has 4 aromatic carbocycles. The van der Waals surface area contributed by atoms with Crippen molar-refractivity contribution in [3.8, 4) is 50.9 Å². The molecule has 0 spiro atoms. The molecule has 0 radical (unpaired) electrons. The van der Waals surface area contributed by atoms with E-state index in [1.54, 1.807) is 6.92 Å². The van der Waals surface area contributed by atoms with Crippen LogP contribution in [0.4, 0.5) is 0 Å². The van der Waals surface area contributed by atoms with Gasteiger partial charge in [-0.3, -0.25) is 4.79 Å². The molecule has 45 heavy (non-hydrogen) atoms. The van der Waals surface area contributed by atoms with Crippen molar-refractivity contribution in [2.45, 2.75) is 21.3 Å². The Labute approximate surface area is 266 Å². The van der Waals surface area contributed by atoms with Crippen molar-refractivity contribution in [2.24, 2.45) is 0 Å². The molecule has 230 valence electrons. The molecule has 9 heteroatoms. The lowest BCUT2D eigenvalue weighted by Gasteiger charge is -2.10. The molecule has 6 aromatic rings. The molecule has 0 aliphatic heterocycles. The van der Waals surface area contributed by atoms with Gasteiger partial charge in [-0.25, -0.2) is 15.0 Å². The van der Waals surface area contributed by atoms with Crippen LogP contribution in [0, 0.1) is 0 Å². The van der Waals surface area contributed by atoms with E-state index in [1.165, 1.54) is 12.4 Å². The number of aromatic amines is 1. The molecule has 0 unspecified atom stereocenters. The minimum absolute atomic E-state index is 0. The van der Waals surface area contributed by atoms with E-state index in [0.29, 0.717) is 18.3 Å². The van der Waals surface area contributed by atoms with Crippen LogP contribution < -0.4 is 9.74 Å². The van der Waals surface area contributed by atoms with Crippen molar-refractivity contribution in [1.82, 2.24) is 19.9 Å². The molecular formula is C36H36N4O4S. The van der Waals surface area contributed by atoms with E-state index in [0.717, 1.165) is 39.9 Å². The molecule has 2 aromatic heterocycles. The predicted octanol–water partition coefficient (Wildman–Crippen LogP) is 7.92. The normalized spacial score (nSPS) is 10.5. The van der Waals surface area contributed by atoms with Gasteiger partial charge in [0.1, 0.15) is 5.69 Å². The highest BCUT2D eigenvalue weighted by Gasteiger charge is 2.15. The van der Waals surface area contributed by atoms with Gasteiger partial charge in [0, 0.05) is 23.6 Å². The maximum atomic E-state index is 11.5. The van der Waals surface area contributed by atoms with Crippen LogP contribution >= 0.6 is 0 Å². The number of benzene rings is 4. The van der Waals surface area contributed by atoms with E-state index in [4.69, 9.17) is 5.55 Å². The van der Waals surface area contributed by atoms with Crippen LogP contribution in [0.2, 0.25) is 0 Å². The maximum Gasteiger partial charge on any atom is 0.307 e. The highest BCUT2D eigenvalue weighted by molar-refractivity contribution is 7.86. The molecule has 0 amide bonds. The predicted molar refractivity (Wildman–Crippen MR) is 182 cm³/mol. The lowest BCUT2D eigenvalue weighted by atomic mass is 10.0. The zero-order valence-electron chi connectivity index (χ0n) is 25.3. The second-order valence-electron chi connectivity index (χ2n) is 9.13. The fourth-order valence-corrected chi connectivity index (χ4v) is 4.59. The number of hydrogen-bond acceptors (Lipinski definition) is 7. The number of aromatic nitrogens is 4. The van der Waals surface area contributed by atoms with Crippen LogP contribution in [-0.4, -0.2) is 34.6 Å². The summed E-state index contributed by atoms with van der Waals surface area (Å²) in [4.78, 5) is 27.4. The van der Waals surface area contributed by atoms with Crippen molar-refractivity contribution in [3.63, 3.8) is 0 Å². The van der Waals surface area contributed by atoms with Crippen molar-refractivity contribution < 1.29 is 14.0 Å². The van der Waals surface area contributed by atoms with Gasteiger partial charge in [0.2, 0.25) is 0 Å². The lowest BCUT2D eigenvalue weighted by molar-refractivity contribution is 0.481. The first-order valence-electron chi connectivity index (χ1n) is 14.4. The Morgan fingerprint density at radius 1 is 0.644 bits per heavy atom. The number of nitrogens with one attached hydrogen (secondary N) is 1. The Bertz CT molecular complexity index is 1960. The van der Waals surface area contributed by atoms with Gasteiger partial charge in [0.15, 0.2) is 0 Å². The minimum atomic E-state index is -3.66. The first-order valence-corrected chi connectivity index (χ1v) is 15.5. The van der Waals surface area contributed by atoms with Gasteiger partial charge in [0.25, 0.3) is 11.4 Å². The second kappa shape index (κ2) is 16.4. The standard InChI is InChI=1S/C17H14N2O3S.C16H12N2O.C2H6.CH4/c1-23(20,21)22-15-12-18-16(13-8-4-2-5-9-13)17(19-15)14-10-6-3-7-11-14;19-14-11-17-15(12-7-3-1-4-8-12)16(18-14)13-9-5-2-6-10-13;1-2;/h2-12H,1H3;1-11H,(H,18,19);1-2H3;1H4/i;;1D;. The summed E-state index contributed by atoms with van der Waals surface area (Å²) in [7, 11) is -3.66. The quantitative estimate of drug-likeness (QED) is 0.188. The summed E-state index contributed by atoms with van der Waals surface area (Å²) >= 11 is 0. The van der Waals surface area contributed by atoms with E-state index >= 15 is 0 Å². The van der Waals surface area contributed by atoms with Gasteiger partial charge in [-0.15, -0.1) is 0 Å². The summed E-state index contributed by atoms with van der Waals surface area (Å²) in [5.41, 5.74) is 6.23. The molecule has 8 nitrogen and oxygen atoms in total. The molecule has 0 saturated carbocycles. The minimum Gasteiger partial charge on any atom is -0.360 e. The van der Waals surface area contributed by atoms with Crippen LogP contribution in [0.3, 0.4) is 0 Å². The van der Waals surface area contributed by atoms with Gasteiger partial charge in [-0.05, 0) is 0 Å². The number of H-pyrrole nitrogens is 1. The average Bonchev–Trinajstić information content (AvgIpc) is 3.06. The van der Waals surface area contributed by atoms with E-state index in [9.17, 15) is 13.2 Å². The van der Waals surface area contributed by atoms with Crippen LogP contribution in [-0.2, 0) is 10.1 Å². The van der Waals surface area contributed by atoms with Gasteiger partial charge in [-0.1, -0.05) is 143 Å². The third kappa shape index (κ3) is 9.54. The van der Waals surface area contributed by atoms with E-state index in [2.05, 4.69) is 19.9 Å². The lowest BCUT2D eigenvalue weighted by Crippen LogP contribution is -2.08. The Balaban J connectivity index is 0.000000229. The zero-order chi connectivity index (χ0) is 32.1. The molecule has 1 N–H and O–H groups in total. The third-order valence-corrected chi connectivity index (χ3v) is 6.46. The molecule has 0 atom stereocenters. The topological polar surface area (TPSA) is 115 Å². The number of rotatable bonds is 6. The van der Waals surface area contributed by atoms with Crippen molar-refractivity contribution in [1.29, 1.82) is 0 Å². The molecule has 2 heterocycles. The highest BCUT2D eigenvalue weighted by Crippen LogP contribution is 2.30. The van der Waals surface area contributed by atoms with Crippen LogP contribution in [0.25, 0.3) is 45.0 Å². The summed E-state index contributed by atoms with van der Waals surface area (Å²) in [5.74, 6) is -0.0500. The largest absolute Gasteiger partial charge is 0.360 e. The molecule has 0 fully saturated rings. The summed E-state index contributed by atoms with van der Waals surface area (Å²) in [5, 5.41) is 0. The molecule has 0 aliphatic carbocycles. The Kier molecular flexibility index (Phi) is 11.9. The van der Waals surface area contributed by atoms with Gasteiger partial charge in [0.05, 0.1) is 35.7 Å². The highest BCUT2D eigenvalue weighted by atomic mass is 32.2. The summed E-state index contributed by atoms with van der Waals surface area (Å²) in [6, 6.07) is 38.6. The summed E-state index contributed by atoms with van der Waals surface area (Å²) < 4.78 is 33.7. The fourth-order valence-electron chi connectivity index (χ4n) is 4.20. The molecular weight excluding hydrogens is 584 g/mol. The van der Waals surface area contributed by atoms with E-state index in [-0.39, 0.29) is 18.9 Å². The smallest absolute Gasteiger partial charge is 0.307 e. The third-order valence-electron chi connectivity index (χ3n) is 5.99. The molecule has 0 saturated heterocycles. The van der Waals surface area contributed by atoms with Gasteiger partial charge >= 0.3 is 10.1 Å². The molecule has 6 rings (SSSR count). The fraction of sp³-hybridized carbons (Fsp3) is 0.111.